The van der Waals surface area contributed by atoms with E-state index in [1.165, 1.54) is 0 Å². The van der Waals surface area contributed by atoms with Crippen LogP contribution in [-0.4, -0.2) is 32.1 Å². The quantitative estimate of drug-likeness (QED) is 0.535. The fourth-order valence-electron chi connectivity index (χ4n) is 3.73. The van der Waals surface area contributed by atoms with Gasteiger partial charge in [-0.3, -0.25) is 10.1 Å². The molecule has 0 saturated carbocycles. The van der Waals surface area contributed by atoms with Crippen molar-refractivity contribution in [1.29, 1.82) is 0 Å². The summed E-state index contributed by atoms with van der Waals surface area (Å²) in [7, 11) is 1.94. The molecule has 0 saturated heterocycles. The molecule has 1 aromatic carbocycles. The zero-order valence-electron chi connectivity index (χ0n) is 18.0. The Morgan fingerprint density at radius 1 is 1.21 bits per heavy atom. The molecule has 0 aromatic heterocycles. The lowest BCUT2D eigenvalue weighted by atomic mass is 9.85. The van der Waals surface area contributed by atoms with Crippen LogP contribution < -0.4 is 21.1 Å². The average molecular weight is 392 g/mol. The van der Waals surface area contributed by atoms with Crippen molar-refractivity contribution in [2.45, 2.75) is 52.9 Å². The average Bonchev–Trinajstić information content (AvgIpc) is 2.61. The zero-order chi connectivity index (χ0) is 21.1. The summed E-state index contributed by atoms with van der Waals surface area (Å²) >= 11 is 0. The molecule has 1 rings (SSSR count). The van der Waals surface area contributed by atoms with Crippen molar-refractivity contribution in [2.75, 3.05) is 20.1 Å². The molecule has 2 amide bonds. The molecule has 3 atom stereocenters. The van der Waals surface area contributed by atoms with Crippen LogP contribution in [0.15, 0.2) is 24.3 Å². The molecule has 6 nitrogen and oxygen atoms in total. The topological polar surface area (TPSA) is 93.5 Å². The van der Waals surface area contributed by atoms with E-state index >= 15 is 0 Å². The van der Waals surface area contributed by atoms with Gasteiger partial charge in [0.15, 0.2) is 0 Å². The highest BCUT2D eigenvalue weighted by Crippen LogP contribution is 2.30. The number of benzene rings is 1. The maximum atomic E-state index is 12.1. The third-order valence-electron chi connectivity index (χ3n) is 5.00. The van der Waals surface area contributed by atoms with Gasteiger partial charge in [-0.1, -0.05) is 39.8 Å². The summed E-state index contributed by atoms with van der Waals surface area (Å²) in [6.45, 7) is 9.87. The monoisotopic (exact) mass is 391 g/mol. The van der Waals surface area contributed by atoms with Gasteiger partial charge >= 0.3 is 6.09 Å². The number of ether oxygens (including phenoxy) is 1. The summed E-state index contributed by atoms with van der Waals surface area (Å²) in [4.78, 5) is 24.2. The molecule has 6 heteroatoms. The molecule has 0 spiro atoms. The molecule has 0 heterocycles. The minimum atomic E-state index is -0.751. The van der Waals surface area contributed by atoms with Crippen molar-refractivity contribution in [2.24, 2.45) is 23.5 Å². The molecule has 28 heavy (non-hydrogen) atoms. The fourth-order valence-corrected chi connectivity index (χ4v) is 3.73. The largest absolute Gasteiger partial charge is 0.419 e. The van der Waals surface area contributed by atoms with E-state index < -0.39 is 6.09 Å². The van der Waals surface area contributed by atoms with Gasteiger partial charge in [-0.2, -0.15) is 0 Å². The SMILES string of the molecule is CCC(c1cccc(OC(=O)NC(=O)CC(CN)CC(C)C)c1)C(C)CNC. The van der Waals surface area contributed by atoms with Crippen LogP contribution in [0.2, 0.25) is 0 Å². The van der Waals surface area contributed by atoms with Crippen LogP contribution in [0.4, 0.5) is 4.79 Å². The normalized spacial score (nSPS) is 14.4. The Morgan fingerprint density at radius 3 is 2.50 bits per heavy atom. The molecular weight excluding hydrogens is 354 g/mol. The van der Waals surface area contributed by atoms with Gasteiger partial charge < -0.3 is 15.8 Å². The number of hydrogen-bond donors (Lipinski definition) is 3. The van der Waals surface area contributed by atoms with Crippen molar-refractivity contribution < 1.29 is 14.3 Å². The molecule has 0 bridgehead atoms. The Balaban J connectivity index is 2.68. The first-order valence-electron chi connectivity index (χ1n) is 10.3. The number of hydrogen-bond acceptors (Lipinski definition) is 5. The van der Waals surface area contributed by atoms with Gasteiger partial charge in [0.1, 0.15) is 5.75 Å². The minimum absolute atomic E-state index is 0.0649. The van der Waals surface area contributed by atoms with E-state index in [-0.39, 0.29) is 18.2 Å². The van der Waals surface area contributed by atoms with E-state index in [0.717, 1.165) is 24.9 Å². The lowest BCUT2D eigenvalue weighted by molar-refractivity contribution is -0.121. The predicted molar refractivity (Wildman–Crippen MR) is 113 cm³/mol. The highest BCUT2D eigenvalue weighted by molar-refractivity contribution is 5.92. The summed E-state index contributed by atoms with van der Waals surface area (Å²) < 4.78 is 5.34. The van der Waals surface area contributed by atoms with Gasteiger partial charge in [-0.25, -0.2) is 4.79 Å². The summed E-state index contributed by atoms with van der Waals surface area (Å²) in [5.74, 6) is 1.42. The Hall–Kier alpha value is -1.92. The van der Waals surface area contributed by atoms with E-state index in [4.69, 9.17) is 10.5 Å². The Bertz CT molecular complexity index is 619. The van der Waals surface area contributed by atoms with Gasteiger partial charge in [0.2, 0.25) is 5.91 Å². The van der Waals surface area contributed by atoms with E-state index in [9.17, 15) is 9.59 Å². The summed E-state index contributed by atoms with van der Waals surface area (Å²) in [5, 5.41) is 5.52. The van der Waals surface area contributed by atoms with Crippen LogP contribution in [0.3, 0.4) is 0 Å². The molecule has 0 aliphatic heterocycles. The van der Waals surface area contributed by atoms with Crippen LogP contribution >= 0.6 is 0 Å². The van der Waals surface area contributed by atoms with Gasteiger partial charge in [0.05, 0.1) is 0 Å². The molecule has 3 unspecified atom stereocenters. The number of nitrogens with two attached hydrogens (primary N) is 1. The molecule has 1 aromatic rings. The number of rotatable bonds is 11. The molecule has 0 aliphatic carbocycles. The van der Waals surface area contributed by atoms with Crippen molar-refractivity contribution in [1.82, 2.24) is 10.6 Å². The number of nitrogens with one attached hydrogen (secondary N) is 2. The number of carbonyl (C=O) groups excluding carboxylic acids is 2. The zero-order valence-corrected chi connectivity index (χ0v) is 18.0. The van der Waals surface area contributed by atoms with Crippen molar-refractivity contribution in [3.8, 4) is 5.75 Å². The van der Waals surface area contributed by atoms with E-state index in [2.05, 4.69) is 38.3 Å². The van der Waals surface area contributed by atoms with Crippen molar-refractivity contribution in [3.05, 3.63) is 29.8 Å². The Kier molecular flexibility index (Phi) is 10.8. The number of amides is 2. The Morgan fingerprint density at radius 2 is 1.93 bits per heavy atom. The van der Waals surface area contributed by atoms with Crippen LogP contribution in [0.25, 0.3) is 0 Å². The molecule has 0 radical (unpaired) electrons. The lowest BCUT2D eigenvalue weighted by Crippen LogP contribution is -2.35. The third kappa shape index (κ3) is 8.40. The standard InChI is InChI=1S/C22H37N3O3/c1-6-20(16(4)14-24-5)18-8-7-9-19(12-18)28-22(27)25-21(26)11-17(13-23)10-15(2)3/h7-9,12,15-17,20,24H,6,10-11,13-14,23H2,1-5H3,(H,25,26,27). The van der Waals surface area contributed by atoms with E-state index in [1.807, 2.05) is 25.2 Å². The molecule has 158 valence electrons. The maximum Gasteiger partial charge on any atom is 0.419 e. The first kappa shape index (κ1) is 24.1. The van der Waals surface area contributed by atoms with Gasteiger partial charge in [0, 0.05) is 6.42 Å². The first-order chi connectivity index (χ1) is 13.3. The highest BCUT2D eigenvalue weighted by Gasteiger charge is 2.19. The third-order valence-corrected chi connectivity index (χ3v) is 5.00. The van der Waals surface area contributed by atoms with Crippen molar-refractivity contribution >= 4 is 12.0 Å². The van der Waals surface area contributed by atoms with E-state index in [0.29, 0.717) is 30.0 Å². The summed E-state index contributed by atoms with van der Waals surface area (Å²) in [5.41, 5.74) is 6.85. The smallest absolute Gasteiger partial charge is 0.410 e. The summed E-state index contributed by atoms with van der Waals surface area (Å²) in [6.07, 6.45) is 1.32. The second-order valence-corrected chi connectivity index (χ2v) is 8.00. The minimum Gasteiger partial charge on any atom is -0.410 e. The van der Waals surface area contributed by atoms with E-state index in [1.54, 1.807) is 6.07 Å². The second kappa shape index (κ2) is 12.5. The molecule has 4 N–H and O–H groups in total. The fraction of sp³-hybridized carbons (Fsp3) is 0.636. The van der Waals surface area contributed by atoms with Crippen LogP contribution in [0.5, 0.6) is 5.75 Å². The second-order valence-electron chi connectivity index (χ2n) is 8.00. The highest BCUT2D eigenvalue weighted by atomic mass is 16.6. The molecule has 0 fully saturated rings. The van der Waals surface area contributed by atoms with Crippen molar-refractivity contribution in [3.63, 3.8) is 0 Å². The molecular formula is C22H37N3O3. The first-order valence-corrected chi connectivity index (χ1v) is 10.3. The predicted octanol–water partition coefficient (Wildman–Crippen LogP) is 3.66. The van der Waals surface area contributed by atoms with Crippen LogP contribution in [0.1, 0.15) is 58.4 Å². The van der Waals surface area contributed by atoms with Gasteiger partial charge in [0.25, 0.3) is 0 Å². The lowest BCUT2D eigenvalue weighted by Gasteiger charge is -2.23. The van der Waals surface area contributed by atoms with Gasteiger partial charge in [-0.15, -0.1) is 0 Å². The van der Waals surface area contributed by atoms with Crippen LogP contribution in [-0.2, 0) is 4.79 Å². The number of imide groups is 1. The Labute approximate surface area is 169 Å². The van der Waals surface area contributed by atoms with Gasteiger partial charge in [-0.05, 0) is 74.3 Å². The molecule has 0 aliphatic rings. The summed E-state index contributed by atoms with van der Waals surface area (Å²) in [6, 6.07) is 7.53. The maximum absolute atomic E-state index is 12.1. The number of carbonyl (C=O) groups is 2. The van der Waals surface area contributed by atoms with Crippen LogP contribution in [0, 0.1) is 17.8 Å².